The molecule has 5 heteroatoms. The molecule has 2 amide bonds. The molecule has 0 bridgehead atoms. The number of primary amides is 2. The molecule has 0 aromatic carbocycles. The normalized spacial score (nSPS) is 11.1. The number of nitrogens with two attached hydrogens (primary N) is 2. The van der Waals surface area contributed by atoms with Gasteiger partial charge in [0.1, 0.15) is 0 Å². The van der Waals surface area contributed by atoms with E-state index in [2.05, 4.69) is 0 Å². The Hall–Kier alpha value is -0.320. The van der Waals surface area contributed by atoms with Crippen LogP contribution in [0.5, 0.6) is 0 Å². The summed E-state index contributed by atoms with van der Waals surface area (Å²) in [6.45, 7) is 2.92. The molecule has 0 aliphatic heterocycles. The number of hydrogen-bond donors (Lipinski definition) is 2. The van der Waals surface area contributed by atoms with Crippen LogP contribution in [0.1, 0.15) is 13.8 Å². The molecule has 0 aliphatic rings. The van der Waals surface area contributed by atoms with Crippen LogP contribution >= 0.6 is 0 Å². The fourth-order valence-corrected chi connectivity index (χ4v) is 0.370. The summed E-state index contributed by atoms with van der Waals surface area (Å²) in [5.41, 5.74) is 10.2. The van der Waals surface area contributed by atoms with E-state index in [1.807, 2.05) is 0 Å². The Balaban J connectivity index is 0. The predicted octanol–water partition coefficient (Wildman–Crippen LogP) is -1.36. The number of rotatable bonds is 2. The molecule has 0 atom stereocenters. The molecule has 4 nitrogen and oxygen atoms in total. The third-order valence-electron chi connectivity index (χ3n) is 1.30. The van der Waals surface area contributed by atoms with E-state index in [0.29, 0.717) is 0 Å². The van der Waals surface area contributed by atoms with Gasteiger partial charge in [-0.1, -0.05) is 0 Å². The minimum absolute atomic E-state index is 0. The molecular weight excluding hydrogens is 155 g/mol. The van der Waals surface area contributed by atoms with Crippen molar-refractivity contribution in [3.63, 3.8) is 0 Å². The van der Waals surface area contributed by atoms with Gasteiger partial charge >= 0.3 is 29.6 Å². The van der Waals surface area contributed by atoms with Crippen LogP contribution in [0.2, 0.25) is 0 Å². The SMILES string of the molecule is C/C(C(N)=O)=C(\C)C(N)=O.[NaH]. The quantitative estimate of drug-likeness (QED) is 0.392. The summed E-state index contributed by atoms with van der Waals surface area (Å²) in [7, 11) is 0. The Morgan fingerprint density at radius 2 is 1.09 bits per heavy atom. The van der Waals surface area contributed by atoms with E-state index in [0.717, 1.165) is 0 Å². The van der Waals surface area contributed by atoms with E-state index >= 15 is 0 Å². The maximum atomic E-state index is 10.4. The minimum atomic E-state index is -0.615. The average molecular weight is 166 g/mol. The van der Waals surface area contributed by atoms with Gasteiger partial charge in [-0.15, -0.1) is 0 Å². The van der Waals surface area contributed by atoms with E-state index in [1.54, 1.807) is 0 Å². The van der Waals surface area contributed by atoms with Crippen LogP contribution in [-0.2, 0) is 9.59 Å². The van der Waals surface area contributed by atoms with Crippen LogP contribution in [0.15, 0.2) is 11.1 Å². The van der Waals surface area contributed by atoms with Crippen molar-refractivity contribution in [2.45, 2.75) is 13.8 Å². The Labute approximate surface area is 87.3 Å². The van der Waals surface area contributed by atoms with Crippen LogP contribution in [-0.4, -0.2) is 41.4 Å². The van der Waals surface area contributed by atoms with Gasteiger partial charge in [0.15, 0.2) is 0 Å². The summed E-state index contributed by atoms with van der Waals surface area (Å²) < 4.78 is 0. The standard InChI is InChI=1S/C6H10N2O2.Na.H/c1-3(5(7)9)4(2)6(8)10;;/h1-2H3,(H2,7,9)(H2,8,10);;/b4-3-;;. The van der Waals surface area contributed by atoms with Crippen molar-refractivity contribution in [2.75, 3.05) is 0 Å². The van der Waals surface area contributed by atoms with Gasteiger partial charge in [-0.3, -0.25) is 9.59 Å². The van der Waals surface area contributed by atoms with E-state index < -0.39 is 11.8 Å². The van der Waals surface area contributed by atoms with Crippen molar-refractivity contribution in [1.29, 1.82) is 0 Å². The molecule has 0 aliphatic carbocycles. The second-order valence-electron chi connectivity index (χ2n) is 1.98. The topological polar surface area (TPSA) is 86.2 Å². The summed E-state index contributed by atoms with van der Waals surface area (Å²) in [6.07, 6.45) is 0. The van der Waals surface area contributed by atoms with Crippen LogP contribution < -0.4 is 11.5 Å². The van der Waals surface area contributed by atoms with Crippen LogP contribution in [0.25, 0.3) is 0 Å². The summed E-state index contributed by atoms with van der Waals surface area (Å²) in [5.74, 6) is -1.23. The fraction of sp³-hybridized carbons (Fsp3) is 0.333. The van der Waals surface area contributed by atoms with E-state index in [4.69, 9.17) is 11.5 Å². The molecule has 0 heterocycles. The second-order valence-corrected chi connectivity index (χ2v) is 1.98. The Bertz CT molecular complexity index is 189. The van der Waals surface area contributed by atoms with Crippen molar-refractivity contribution < 1.29 is 9.59 Å². The van der Waals surface area contributed by atoms with Crippen molar-refractivity contribution in [3.05, 3.63) is 11.1 Å². The zero-order chi connectivity index (χ0) is 8.31. The number of carbonyl (C=O) groups excluding carboxylic acids is 2. The Morgan fingerprint density at radius 1 is 0.909 bits per heavy atom. The molecule has 0 spiro atoms. The monoisotopic (exact) mass is 166 g/mol. The zero-order valence-corrected chi connectivity index (χ0v) is 5.97. The van der Waals surface area contributed by atoms with Gasteiger partial charge in [-0.25, -0.2) is 0 Å². The molecule has 0 rings (SSSR count). The number of carbonyl (C=O) groups is 2. The number of hydrogen-bond acceptors (Lipinski definition) is 2. The summed E-state index contributed by atoms with van der Waals surface area (Å²) in [6, 6.07) is 0. The summed E-state index contributed by atoms with van der Waals surface area (Å²) in [5, 5.41) is 0. The predicted molar refractivity (Wildman–Crippen MR) is 43.9 cm³/mol. The average Bonchev–Trinajstić information content (AvgIpc) is 1.84. The van der Waals surface area contributed by atoms with E-state index in [1.165, 1.54) is 13.8 Å². The van der Waals surface area contributed by atoms with Crippen LogP contribution in [0.3, 0.4) is 0 Å². The van der Waals surface area contributed by atoms with Gasteiger partial charge in [-0.2, -0.15) is 0 Å². The van der Waals surface area contributed by atoms with Gasteiger partial charge in [0.25, 0.3) is 0 Å². The molecule has 4 N–H and O–H groups in total. The third kappa shape index (κ3) is 4.19. The van der Waals surface area contributed by atoms with Gasteiger partial charge in [0.05, 0.1) is 0 Å². The zero-order valence-electron chi connectivity index (χ0n) is 5.97. The summed E-state index contributed by atoms with van der Waals surface area (Å²) >= 11 is 0. The Kier molecular flexibility index (Phi) is 6.46. The summed E-state index contributed by atoms with van der Waals surface area (Å²) in [4.78, 5) is 20.8. The molecule has 0 aromatic heterocycles. The first-order valence-electron chi connectivity index (χ1n) is 2.74. The first-order valence-corrected chi connectivity index (χ1v) is 2.74. The molecule has 0 fully saturated rings. The second kappa shape index (κ2) is 5.35. The third-order valence-corrected chi connectivity index (χ3v) is 1.30. The maximum absolute atomic E-state index is 10.4. The Morgan fingerprint density at radius 3 is 1.18 bits per heavy atom. The van der Waals surface area contributed by atoms with E-state index in [9.17, 15) is 9.59 Å². The molecule has 0 saturated heterocycles. The molecule has 0 unspecified atom stereocenters. The first-order chi connectivity index (χ1) is 4.46. The van der Waals surface area contributed by atoms with Gasteiger partial charge in [0.2, 0.25) is 11.8 Å². The molecule has 0 aromatic rings. The van der Waals surface area contributed by atoms with Crippen molar-refractivity contribution in [3.8, 4) is 0 Å². The fourth-order valence-electron chi connectivity index (χ4n) is 0.370. The van der Waals surface area contributed by atoms with Crippen molar-refractivity contribution >= 4 is 41.4 Å². The van der Waals surface area contributed by atoms with Crippen LogP contribution in [0.4, 0.5) is 0 Å². The molecular formula is C6H11N2NaO2. The molecule has 11 heavy (non-hydrogen) atoms. The molecule has 0 radical (unpaired) electrons. The van der Waals surface area contributed by atoms with Crippen molar-refractivity contribution in [1.82, 2.24) is 0 Å². The van der Waals surface area contributed by atoms with Gasteiger partial charge < -0.3 is 11.5 Å². The van der Waals surface area contributed by atoms with Gasteiger partial charge in [-0.05, 0) is 13.8 Å². The number of amides is 2. The van der Waals surface area contributed by atoms with Gasteiger partial charge in [0, 0.05) is 11.1 Å². The van der Waals surface area contributed by atoms with Crippen LogP contribution in [0, 0.1) is 0 Å². The van der Waals surface area contributed by atoms with E-state index in [-0.39, 0.29) is 40.7 Å². The van der Waals surface area contributed by atoms with Crippen molar-refractivity contribution in [2.24, 2.45) is 11.5 Å². The molecule has 58 valence electrons. The first kappa shape index (κ1) is 13.3. The molecule has 0 saturated carbocycles.